The molecule has 7 heteroatoms. The minimum Gasteiger partial charge on any atom is -0.481 e. The average Bonchev–Trinajstić information content (AvgIpc) is 2.66. The van der Waals surface area contributed by atoms with Gasteiger partial charge in [0.05, 0.1) is 5.92 Å². The van der Waals surface area contributed by atoms with Crippen molar-refractivity contribution in [3.8, 4) is 0 Å². The maximum atomic E-state index is 10.4. The Bertz CT molecular complexity index is 487. The number of hydrogen-bond donors (Lipinski definition) is 3. The van der Waals surface area contributed by atoms with Gasteiger partial charge < -0.3 is 15.3 Å². The van der Waals surface area contributed by atoms with Crippen molar-refractivity contribution in [1.29, 1.82) is 0 Å². The predicted molar refractivity (Wildman–Crippen MR) is 141 cm³/mol. The summed E-state index contributed by atoms with van der Waals surface area (Å²) in [4.78, 5) is 30.8. The Morgan fingerprint density at radius 3 is 1.23 bits per heavy atom. The molecular formula is C28H56CeO6. The first kappa shape index (κ1) is 41.9. The molecule has 0 fully saturated rings. The van der Waals surface area contributed by atoms with Crippen molar-refractivity contribution in [3.63, 3.8) is 0 Å². The number of carbonyl (C=O) groups is 3. The molecule has 0 aromatic carbocycles. The Kier molecular flexibility index (Phi) is 30.4. The summed E-state index contributed by atoms with van der Waals surface area (Å²) in [5.41, 5.74) is 0.784. The second-order valence-corrected chi connectivity index (χ2v) is 11.6. The first-order valence-corrected chi connectivity index (χ1v) is 13.2. The molecule has 0 aliphatic carbocycles. The maximum absolute atomic E-state index is 10.4. The topological polar surface area (TPSA) is 112 Å². The Balaban J connectivity index is -0.000000204. The molecule has 3 N–H and O–H groups in total. The van der Waals surface area contributed by atoms with Gasteiger partial charge in [0.1, 0.15) is 0 Å². The monoisotopic (exact) mass is 628 g/mol. The van der Waals surface area contributed by atoms with Crippen molar-refractivity contribution in [1.82, 2.24) is 0 Å². The van der Waals surface area contributed by atoms with E-state index in [0.29, 0.717) is 23.7 Å². The van der Waals surface area contributed by atoms with E-state index >= 15 is 0 Å². The van der Waals surface area contributed by atoms with Crippen LogP contribution in [0.3, 0.4) is 0 Å². The van der Waals surface area contributed by atoms with E-state index in [1.54, 1.807) is 0 Å². The third-order valence-corrected chi connectivity index (χ3v) is 5.38. The largest absolute Gasteiger partial charge is 0.481 e. The molecule has 0 spiro atoms. The maximum Gasteiger partial charge on any atom is 0.306 e. The standard InChI is InChI=1S/2C10H20O2.C8H16O2.Ce/c2*1-10(2,3)8-6-4-5-7-9(11)12;1-3-5-6-7(4-2)8(9)10;/h2*4-8H2,1-3H3,(H,11,12);7H,3-6H2,1-2H3,(H,9,10);. The van der Waals surface area contributed by atoms with Gasteiger partial charge in [-0.15, -0.1) is 0 Å². The molecule has 1 unspecified atom stereocenters. The van der Waals surface area contributed by atoms with Gasteiger partial charge in [0.25, 0.3) is 0 Å². The second kappa shape index (κ2) is 25.4. The van der Waals surface area contributed by atoms with E-state index < -0.39 is 17.9 Å². The molecule has 0 bridgehead atoms. The van der Waals surface area contributed by atoms with Gasteiger partial charge in [0.2, 0.25) is 0 Å². The number of aliphatic carboxylic acids is 3. The van der Waals surface area contributed by atoms with E-state index in [9.17, 15) is 14.4 Å². The zero-order valence-corrected chi connectivity index (χ0v) is 27.2. The first-order chi connectivity index (χ1) is 15.6. The predicted octanol–water partition coefficient (Wildman–Crippen LogP) is 8.42. The average molecular weight is 629 g/mol. The van der Waals surface area contributed by atoms with Crippen LogP contribution in [0.5, 0.6) is 0 Å². The van der Waals surface area contributed by atoms with E-state index in [4.69, 9.17) is 15.3 Å². The molecule has 0 aliphatic rings. The van der Waals surface area contributed by atoms with Crippen LogP contribution in [0.1, 0.15) is 145 Å². The number of hydrogen-bond acceptors (Lipinski definition) is 3. The zero-order chi connectivity index (χ0) is 27.2. The summed E-state index contributed by atoms with van der Waals surface area (Å²) in [6.07, 6.45) is 12.8. The van der Waals surface area contributed by atoms with Crippen LogP contribution >= 0.6 is 0 Å². The molecule has 0 aromatic rings. The van der Waals surface area contributed by atoms with Gasteiger partial charge in [0.15, 0.2) is 0 Å². The van der Waals surface area contributed by atoms with Crippen LogP contribution in [0.2, 0.25) is 0 Å². The molecule has 1 atom stereocenters. The van der Waals surface area contributed by atoms with E-state index in [1.165, 1.54) is 12.8 Å². The normalized spacial score (nSPS) is 11.7. The molecule has 0 aliphatic heterocycles. The van der Waals surface area contributed by atoms with Crippen LogP contribution < -0.4 is 0 Å². The van der Waals surface area contributed by atoms with E-state index in [2.05, 4.69) is 48.5 Å². The van der Waals surface area contributed by atoms with Gasteiger partial charge in [-0.2, -0.15) is 0 Å². The van der Waals surface area contributed by atoms with E-state index in [0.717, 1.165) is 64.2 Å². The molecule has 0 radical (unpaired) electrons. The van der Waals surface area contributed by atoms with Crippen molar-refractivity contribution >= 4 is 17.9 Å². The number of carboxylic acids is 3. The minimum absolute atomic E-state index is 0. The second-order valence-electron chi connectivity index (χ2n) is 11.6. The number of unbranched alkanes of at least 4 members (excludes halogenated alkanes) is 5. The molecular weight excluding hydrogens is 572 g/mol. The molecule has 0 saturated heterocycles. The third kappa shape index (κ3) is 44.2. The molecule has 0 saturated carbocycles. The van der Waals surface area contributed by atoms with Crippen molar-refractivity contribution in [2.75, 3.05) is 0 Å². The van der Waals surface area contributed by atoms with Crippen molar-refractivity contribution in [3.05, 3.63) is 0 Å². The van der Waals surface area contributed by atoms with Gasteiger partial charge in [-0.1, -0.05) is 93.9 Å². The Morgan fingerprint density at radius 1 is 0.629 bits per heavy atom. The van der Waals surface area contributed by atoms with Crippen molar-refractivity contribution < 1.29 is 71.5 Å². The van der Waals surface area contributed by atoms with Crippen LogP contribution in [0.25, 0.3) is 0 Å². The van der Waals surface area contributed by atoms with E-state index in [-0.39, 0.29) is 47.7 Å². The molecule has 6 nitrogen and oxygen atoms in total. The van der Waals surface area contributed by atoms with Crippen LogP contribution in [0.15, 0.2) is 0 Å². The Labute approximate surface area is 249 Å². The summed E-state index contributed by atoms with van der Waals surface area (Å²) in [5, 5.41) is 25.3. The molecule has 0 aromatic heterocycles. The van der Waals surface area contributed by atoms with Gasteiger partial charge in [0, 0.05) is 54.6 Å². The quantitative estimate of drug-likeness (QED) is 0.157. The fourth-order valence-corrected chi connectivity index (χ4v) is 3.17. The Morgan fingerprint density at radius 2 is 1.00 bits per heavy atom. The summed E-state index contributed by atoms with van der Waals surface area (Å²) in [5.74, 6) is -2.10. The van der Waals surface area contributed by atoms with Gasteiger partial charge in [-0.3, -0.25) is 14.4 Å². The molecule has 0 heterocycles. The van der Waals surface area contributed by atoms with Gasteiger partial charge >= 0.3 is 17.9 Å². The van der Waals surface area contributed by atoms with Gasteiger partial charge in [-0.05, 0) is 49.4 Å². The number of carboxylic acid groups (broad SMARTS) is 3. The zero-order valence-electron chi connectivity index (χ0n) is 24.0. The van der Waals surface area contributed by atoms with Crippen LogP contribution in [-0.2, 0) is 14.4 Å². The first-order valence-electron chi connectivity index (χ1n) is 13.2. The summed E-state index contributed by atoms with van der Waals surface area (Å²) in [7, 11) is 0. The van der Waals surface area contributed by atoms with Crippen LogP contribution in [0, 0.1) is 58.5 Å². The smallest absolute Gasteiger partial charge is 0.306 e. The number of rotatable bonds is 15. The summed E-state index contributed by atoms with van der Waals surface area (Å²) < 4.78 is 0. The SMILES string of the molecule is CC(C)(C)CCCCCC(=O)O.CC(C)(C)CCCCCC(=O)O.CCCCC(CC)C(=O)O.[Ce]. The van der Waals surface area contributed by atoms with Crippen molar-refractivity contribution in [2.24, 2.45) is 16.7 Å². The van der Waals surface area contributed by atoms with Crippen LogP contribution in [0.4, 0.5) is 0 Å². The molecule has 35 heavy (non-hydrogen) atoms. The summed E-state index contributed by atoms with van der Waals surface area (Å²) in [6, 6.07) is 0. The Hall–Kier alpha value is -0.213. The summed E-state index contributed by atoms with van der Waals surface area (Å²) >= 11 is 0. The van der Waals surface area contributed by atoms with E-state index in [1.807, 2.05) is 6.92 Å². The fourth-order valence-electron chi connectivity index (χ4n) is 3.17. The minimum atomic E-state index is -0.675. The van der Waals surface area contributed by atoms with Gasteiger partial charge in [-0.25, -0.2) is 0 Å². The third-order valence-electron chi connectivity index (χ3n) is 5.38. The van der Waals surface area contributed by atoms with Crippen molar-refractivity contribution in [2.45, 2.75) is 145 Å². The van der Waals surface area contributed by atoms with Crippen LogP contribution in [-0.4, -0.2) is 33.2 Å². The molecule has 0 amide bonds. The fraction of sp³-hybridized carbons (Fsp3) is 0.893. The molecule has 0 rings (SSSR count). The molecule has 208 valence electrons. The summed E-state index contributed by atoms with van der Waals surface area (Å²) in [6.45, 7) is 17.3.